The van der Waals surface area contributed by atoms with Gasteiger partial charge < -0.3 is 19.3 Å². The van der Waals surface area contributed by atoms with Crippen LogP contribution in [0.2, 0.25) is 0 Å². The minimum atomic E-state index is -0.743. The lowest BCUT2D eigenvalue weighted by Crippen LogP contribution is -2.23. The summed E-state index contributed by atoms with van der Waals surface area (Å²) in [6.07, 6.45) is 2.70. The summed E-state index contributed by atoms with van der Waals surface area (Å²) < 4.78 is 18.0. The van der Waals surface area contributed by atoms with E-state index < -0.39 is 6.10 Å². The van der Waals surface area contributed by atoms with Crippen molar-refractivity contribution in [3.05, 3.63) is 10.6 Å². The van der Waals surface area contributed by atoms with E-state index in [1.165, 1.54) is 4.68 Å². The summed E-state index contributed by atoms with van der Waals surface area (Å²) in [5.74, 6) is 0.465. The summed E-state index contributed by atoms with van der Waals surface area (Å²) in [5.41, 5.74) is 0. The van der Waals surface area contributed by atoms with Crippen LogP contribution in [0, 0.1) is 0 Å². The quantitative estimate of drug-likeness (QED) is 0.805. The number of nitrogens with zero attached hydrogens (tertiary/aromatic N) is 3. The van der Waals surface area contributed by atoms with Crippen molar-refractivity contribution in [2.45, 2.75) is 44.8 Å². The van der Waals surface area contributed by atoms with Gasteiger partial charge >= 0.3 is 0 Å². The Labute approximate surface area is 126 Å². The standard InChI is InChI=1S/C12H20BrN3O4/c1-18-8-16-11(14-12(13)15-16)9(17)5-7-20-10-4-2-3-6-19-10/h9-10,17H,2-8H2,1H3. The van der Waals surface area contributed by atoms with Crippen molar-refractivity contribution < 1.29 is 19.3 Å². The third-order valence-corrected chi connectivity index (χ3v) is 3.39. The SMILES string of the molecule is COCn1nc(Br)nc1C(O)CCOC1CCCCO1. The van der Waals surface area contributed by atoms with Gasteiger partial charge in [-0.1, -0.05) is 0 Å². The Balaban J connectivity index is 1.80. The highest BCUT2D eigenvalue weighted by Gasteiger charge is 2.19. The number of hydrogen-bond acceptors (Lipinski definition) is 6. The van der Waals surface area contributed by atoms with Gasteiger partial charge in [-0.2, -0.15) is 0 Å². The minimum absolute atomic E-state index is 0.139. The second kappa shape index (κ2) is 8.04. The summed E-state index contributed by atoms with van der Waals surface area (Å²) in [6, 6.07) is 0. The molecule has 0 radical (unpaired) electrons. The lowest BCUT2D eigenvalue weighted by molar-refractivity contribution is -0.165. The van der Waals surface area contributed by atoms with Crippen LogP contribution in [-0.4, -0.2) is 46.5 Å². The molecule has 2 rings (SSSR count). The maximum Gasteiger partial charge on any atom is 0.217 e. The molecule has 1 fully saturated rings. The Hall–Kier alpha value is -0.540. The number of aromatic nitrogens is 3. The molecule has 20 heavy (non-hydrogen) atoms. The molecule has 0 spiro atoms. The number of rotatable bonds is 7. The van der Waals surface area contributed by atoms with E-state index >= 15 is 0 Å². The van der Waals surface area contributed by atoms with Crippen LogP contribution in [0.3, 0.4) is 0 Å². The molecule has 1 aromatic rings. The fourth-order valence-electron chi connectivity index (χ4n) is 2.07. The minimum Gasteiger partial charge on any atom is -0.385 e. The van der Waals surface area contributed by atoms with Crippen LogP contribution in [0.4, 0.5) is 0 Å². The molecule has 2 unspecified atom stereocenters. The molecule has 7 nitrogen and oxygen atoms in total. The summed E-state index contributed by atoms with van der Waals surface area (Å²) in [6.45, 7) is 1.42. The highest BCUT2D eigenvalue weighted by molar-refractivity contribution is 9.10. The topological polar surface area (TPSA) is 78.6 Å². The van der Waals surface area contributed by atoms with Gasteiger partial charge in [-0.25, -0.2) is 9.67 Å². The molecule has 0 aromatic carbocycles. The van der Waals surface area contributed by atoms with E-state index in [-0.39, 0.29) is 13.0 Å². The van der Waals surface area contributed by atoms with Crippen LogP contribution in [0.5, 0.6) is 0 Å². The van der Waals surface area contributed by atoms with Crippen molar-refractivity contribution in [1.29, 1.82) is 0 Å². The second-order valence-electron chi connectivity index (χ2n) is 4.63. The van der Waals surface area contributed by atoms with Gasteiger partial charge in [-0.05, 0) is 35.2 Å². The van der Waals surface area contributed by atoms with E-state index in [2.05, 4.69) is 26.0 Å². The average Bonchev–Trinajstić information content (AvgIpc) is 2.81. The van der Waals surface area contributed by atoms with Crippen molar-refractivity contribution in [1.82, 2.24) is 14.8 Å². The molecule has 0 saturated carbocycles. The molecule has 2 atom stereocenters. The van der Waals surface area contributed by atoms with E-state index in [0.717, 1.165) is 25.9 Å². The maximum atomic E-state index is 10.2. The van der Waals surface area contributed by atoms with Gasteiger partial charge in [-0.15, -0.1) is 5.10 Å². The highest BCUT2D eigenvalue weighted by atomic mass is 79.9. The van der Waals surface area contributed by atoms with Crippen molar-refractivity contribution in [2.75, 3.05) is 20.3 Å². The van der Waals surface area contributed by atoms with E-state index in [9.17, 15) is 5.11 Å². The summed E-state index contributed by atoms with van der Waals surface area (Å²) >= 11 is 3.19. The monoisotopic (exact) mass is 349 g/mol. The Morgan fingerprint density at radius 1 is 1.55 bits per heavy atom. The van der Waals surface area contributed by atoms with Gasteiger partial charge in [0.15, 0.2) is 12.1 Å². The first-order chi connectivity index (χ1) is 9.70. The van der Waals surface area contributed by atoms with Gasteiger partial charge in [0.1, 0.15) is 12.8 Å². The third kappa shape index (κ3) is 4.49. The van der Waals surface area contributed by atoms with Gasteiger partial charge in [0.05, 0.1) is 6.61 Å². The first-order valence-electron chi connectivity index (χ1n) is 6.71. The lowest BCUT2D eigenvalue weighted by atomic mass is 10.2. The van der Waals surface area contributed by atoms with Crippen LogP contribution in [0.15, 0.2) is 4.73 Å². The van der Waals surface area contributed by atoms with Crippen LogP contribution in [-0.2, 0) is 20.9 Å². The van der Waals surface area contributed by atoms with E-state index in [4.69, 9.17) is 14.2 Å². The molecule has 1 N–H and O–H groups in total. The van der Waals surface area contributed by atoms with Gasteiger partial charge in [0.2, 0.25) is 4.73 Å². The van der Waals surface area contributed by atoms with Crippen LogP contribution >= 0.6 is 15.9 Å². The molecule has 0 aliphatic carbocycles. The van der Waals surface area contributed by atoms with Crippen LogP contribution < -0.4 is 0 Å². The fraction of sp³-hybridized carbons (Fsp3) is 0.833. The zero-order valence-corrected chi connectivity index (χ0v) is 13.1. The van der Waals surface area contributed by atoms with Crippen LogP contribution in [0.1, 0.15) is 37.6 Å². The molecule has 0 bridgehead atoms. The van der Waals surface area contributed by atoms with E-state index in [1.54, 1.807) is 7.11 Å². The number of aliphatic hydroxyl groups excluding tert-OH is 1. The third-order valence-electron chi connectivity index (χ3n) is 3.06. The number of hydrogen-bond donors (Lipinski definition) is 1. The molecule has 1 aliphatic rings. The van der Waals surface area contributed by atoms with Gasteiger partial charge in [-0.3, -0.25) is 0 Å². The van der Waals surface area contributed by atoms with Gasteiger partial charge in [0, 0.05) is 20.1 Å². The molecule has 1 aromatic heterocycles. The molecule has 8 heteroatoms. The predicted octanol–water partition coefficient (Wildman–Crippen LogP) is 1.61. The lowest BCUT2D eigenvalue weighted by Gasteiger charge is -2.23. The average molecular weight is 350 g/mol. The Morgan fingerprint density at radius 2 is 2.40 bits per heavy atom. The van der Waals surface area contributed by atoms with Crippen molar-refractivity contribution in [2.24, 2.45) is 0 Å². The summed E-state index contributed by atoms with van der Waals surface area (Å²) in [5, 5.41) is 14.2. The molecule has 1 aliphatic heterocycles. The molecule has 1 saturated heterocycles. The molecular formula is C12H20BrN3O4. The normalized spacial score (nSPS) is 21.1. The number of ether oxygens (including phenoxy) is 3. The van der Waals surface area contributed by atoms with Crippen molar-refractivity contribution >= 4 is 15.9 Å². The zero-order valence-electron chi connectivity index (χ0n) is 11.5. The van der Waals surface area contributed by atoms with Crippen molar-refractivity contribution in [3.63, 3.8) is 0 Å². The summed E-state index contributed by atoms with van der Waals surface area (Å²) in [4.78, 5) is 4.15. The summed E-state index contributed by atoms with van der Waals surface area (Å²) in [7, 11) is 1.56. The van der Waals surface area contributed by atoms with E-state index in [1.807, 2.05) is 0 Å². The Kier molecular flexibility index (Phi) is 6.37. The molecule has 0 amide bonds. The first kappa shape index (κ1) is 15.8. The fourth-order valence-corrected chi connectivity index (χ4v) is 2.45. The largest absolute Gasteiger partial charge is 0.385 e. The first-order valence-corrected chi connectivity index (χ1v) is 7.50. The zero-order chi connectivity index (χ0) is 14.4. The highest BCUT2D eigenvalue weighted by Crippen LogP contribution is 2.19. The Morgan fingerprint density at radius 3 is 3.10 bits per heavy atom. The van der Waals surface area contributed by atoms with Crippen LogP contribution in [0.25, 0.3) is 0 Å². The molecule has 114 valence electrons. The predicted molar refractivity (Wildman–Crippen MR) is 73.9 cm³/mol. The second-order valence-corrected chi connectivity index (χ2v) is 5.34. The molecule has 2 heterocycles. The molecular weight excluding hydrogens is 330 g/mol. The number of methoxy groups -OCH3 is 1. The number of aliphatic hydroxyl groups is 1. The maximum absolute atomic E-state index is 10.2. The van der Waals surface area contributed by atoms with E-state index in [0.29, 0.717) is 23.6 Å². The smallest absolute Gasteiger partial charge is 0.217 e. The Bertz CT molecular complexity index is 409. The van der Waals surface area contributed by atoms with Gasteiger partial charge in [0.25, 0.3) is 0 Å². The van der Waals surface area contributed by atoms with Crippen molar-refractivity contribution in [3.8, 4) is 0 Å². The number of halogens is 1.